The first-order valence-electron chi connectivity index (χ1n) is 3.81. The number of aromatic nitrogens is 2. The van der Waals surface area contributed by atoms with Crippen LogP contribution in [0.3, 0.4) is 0 Å². The van der Waals surface area contributed by atoms with Gasteiger partial charge in [-0.15, -0.1) is 0 Å². The molecule has 0 bridgehead atoms. The van der Waals surface area contributed by atoms with Gasteiger partial charge < -0.3 is 5.73 Å². The first-order valence-corrected chi connectivity index (χ1v) is 3.81. The predicted molar refractivity (Wildman–Crippen MR) is 44.1 cm³/mol. The molecule has 1 unspecified atom stereocenters. The molecule has 3 nitrogen and oxygen atoms in total. The van der Waals surface area contributed by atoms with Crippen molar-refractivity contribution in [3.63, 3.8) is 0 Å². The largest absolute Gasteiger partial charge is 0.330 e. The van der Waals surface area contributed by atoms with Gasteiger partial charge in [0.1, 0.15) is 5.82 Å². The molecule has 1 heterocycles. The number of nitrogens with zero attached hydrogens (tertiary/aromatic N) is 2. The first-order chi connectivity index (χ1) is 5.34. The van der Waals surface area contributed by atoms with Crippen LogP contribution in [0.15, 0.2) is 18.5 Å². The van der Waals surface area contributed by atoms with Gasteiger partial charge in [-0.25, -0.2) is 9.97 Å². The fraction of sp³-hybridized carbons (Fsp3) is 0.500. The van der Waals surface area contributed by atoms with E-state index in [1.165, 1.54) is 0 Å². The summed E-state index contributed by atoms with van der Waals surface area (Å²) in [6.45, 7) is 2.78. The summed E-state index contributed by atoms with van der Waals surface area (Å²) in [5.41, 5.74) is 5.41. The van der Waals surface area contributed by atoms with Gasteiger partial charge in [0, 0.05) is 18.3 Å². The van der Waals surface area contributed by atoms with Crippen molar-refractivity contribution in [3.05, 3.63) is 24.3 Å². The number of hydrogen-bond acceptors (Lipinski definition) is 3. The Morgan fingerprint density at radius 3 is 2.64 bits per heavy atom. The molecule has 11 heavy (non-hydrogen) atoms. The van der Waals surface area contributed by atoms with E-state index in [9.17, 15) is 0 Å². The van der Waals surface area contributed by atoms with E-state index < -0.39 is 0 Å². The molecular formula is C8H13N3. The Kier molecular flexibility index (Phi) is 2.98. The van der Waals surface area contributed by atoms with E-state index in [1.54, 1.807) is 12.4 Å². The first kappa shape index (κ1) is 8.14. The van der Waals surface area contributed by atoms with E-state index in [1.807, 2.05) is 6.07 Å². The second-order valence-electron chi connectivity index (χ2n) is 2.59. The van der Waals surface area contributed by atoms with E-state index in [0.717, 1.165) is 12.2 Å². The van der Waals surface area contributed by atoms with Crippen LogP contribution in [0, 0.1) is 0 Å². The molecule has 1 atom stereocenters. The maximum atomic E-state index is 5.41. The van der Waals surface area contributed by atoms with E-state index >= 15 is 0 Å². The van der Waals surface area contributed by atoms with Gasteiger partial charge in [0.25, 0.3) is 0 Å². The zero-order valence-electron chi connectivity index (χ0n) is 6.70. The van der Waals surface area contributed by atoms with Crippen molar-refractivity contribution in [2.45, 2.75) is 19.3 Å². The van der Waals surface area contributed by atoms with Crippen molar-refractivity contribution >= 4 is 0 Å². The topological polar surface area (TPSA) is 51.8 Å². The Labute approximate surface area is 66.7 Å². The van der Waals surface area contributed by atoms with E-state index in [-0.39, 0.29) is 0 Å². The summed E-state index contributed by atoms with van der Waals surface area (Å²) in [6.07, 6.45) is 4.47. The highest BCUT2D eigenvalue weighted by Crippen LogP contribution is 2.11. The van der Waals surface area contributed by atoms with Crippen molar-refractivity contribution in [2.24, 2.45) is 5.73 Å². The van der Waals surface area contributed by atoms with Gasteiger partial charge in [0.2, 0.25) is 0 Å². The quantitative estimate of drug-likeness (QED) is 0.699. The maximum absolute atomic E-state index is 5.41. The van der Waals surface area contributed by atoms with Gasteiger partial charge in [0.05, 0.1) is 0 Å². The van der Waals surface area contributed by atoms with Gasteiger partial charge in [-0.1, -0.05) is 6.92 Å². The van der Waals surface area contributed by atoms with Crippen LogP contribution in [0.2, 0.25) is 0 Å². The van der Waals surface area contributed by atoms with Crippen molar-refractivity contribution in [2.75, 3.05) is 6.54 Å². The highest BCUT2D eigenvalue weighted by Gasteiger charge is 2.04. The van der Waals surface area contributed by atoms with Crippen LogP contribution >= 0.6 is 0 Å². The molecule has 0 amide bonds. The Morgan fingerprint density at radius 2 is 2.09 bits per heavy atom. The number of rotatable bonds is 3. The Bertz CT molecular complexity index is 198. The van der Waals surface area contributed by atoms with Crippen LogP contribution in [-0.4, -0.2) is 16.5 Å². The fourth-order valence-corrected chi connectivity index (χ4v) is 0.944. The third-order valence-electron chi connectivity index (χ3n) is 1.63. The van der Waals surface area contributed by atoms with Crippen LogP contribution in [-0.2, 0) is 0 Å². The summed E-state index contributed by atoms with van der Waals surface area (Å²) in [6, 6.07) is 1.82. The van der Waals surface area contributed by atoms with Crippen molar-refractivity contribution in [1.82, 2.24) is 9.97 Å². The van der Waals surface area contributed by atoms with E-state index in [0.29, 0.717) is 12.5 Å². The molecule has 0 saturated heterocycles. The highest BCUT2D eigenvalue weighted by molar-refractivity contribution is 4.94. The van der Waals surface area contributed by atoms with Gasteiger partial charge in [0.15, 0.2) is 0 Å². The van der Waals surface area contributed by atoms with Crippen molar-refractivity contribution < 1.29 is 0 Å². The summed E-state index contributed by atoms with van der Waals surface area (Å²) in [7, 11) is 0. The summed E-state index contributed by atoms with van der Waals surface area (Å²) in [5.74, 6) is 1.26. The van der Waals surface area contributed by atoms with E-state index in [2.05, 4.69) is 16.9 Å². The fourth-order valence-electron chi connectivity index (χ4n) is 0.944. The predicted octanol–water partition coefficient (Wildman–Crippen LogP) is 0.929. The normalized spacial score (nSPS) is 12.9. The zero-order valence-corrected chi connectivity index (χ0v) is 6.70. The third kappa shape index (κ3) is 2.27. The number of nitrogens with two attached hydrogens (primary N) is 1. The smallest absolute Gasteiger partial charge is 0.131 e. The average Bonchev–Trinajstić information content (AvgIpc) is 2.07. The second kappa shape index (κ2) is 4.03. The molecular weight excluding hydrogens is 138 g/mol. The molecule has 0 radical (unpaired) electrons. The standard InChI is InChI=1S/C8H13N3/c1-7(3-4-9)8-10-5-2-6-11-8/h2,5-7H,3-4,9H2,1H3. The lowest BCUT2D eigenvalue weighted by atomic mass is 10.1. The van der Waals surface area contributed by atoms with Gasteiger partial charge in [-0.05, 0) is 19.0 Å². The minimum Gasteiger partial charge on any atom is -0.330 e. The minimum absolute atomic E-state index is 0.376. The molecule has 1 rings (SSSR count). The maximum Gasteiger partial charge on any atom is 0.131 e. The summed E-state index contributed by atoms with van der Waals surface area (Å²) < 4.78 is 0. The minimum atomic E-state index is 0.376. The molecule has 2 N–H and O–H groups in total. The van der Waals surface area contributed by atoms with Gasteiger partial charge in [-0.3, -0.25) is 0 Å². The highest BCUT2D eigenvalue weighted by atomic mass is 14.9. The van der Waals surface area contributed by atoms with Crippen molar-refractivity contribution in [1.29, 1.82) is 0 Å². The Balaban J connectivity index is 2.61. The molecule has 0 saturated carbocycles. The molecule has 60 valence electrons. The molecule has 3 heteroatoms. The summed E-state index contributed by atoms with van der Waals surface area (Å²) in [5, 5.41) is 0. The molecule has 0 aromatic carbocycles. The lowest BCUT2D eigenvalue weighted by Crippen LogP contribution is -2.07. The lowest BCUT2D eigenvalue weighted by molar-refractivity contribution is 0.646. The lowest BCUT2D eigenvalue weighted by Gasteiger charge is -2.06. The van der Waals surface area contributed by atoms with Crippen LogP contribution in [0.5, 0.6) is 0 Å². The summed E-state index contributed by atoms with van der Waals surface area (Å²) in [4.78, 5) is 8.26. The van der Waals surface area contributed by atoms with E-state index in [4.69, 9.17) is 5.73 Å². The van der Waals surface area contributed by atoms with Crippen LogP contribution in [0.25, 0.3) is 0 Å². The molecule has 1 aromatic heterocycles. The molecule has 0 fully saturated rings. The SMILES string of the molecule is CC(CCN)c1ncccn1. The van der Waals surface area contributed by atoms with Crippen LogP contribution in [0.4, 0.5) is 0 Å². The monoisotopic (exact) mass is 151 g/mol. The third-order valence-corrected chi connectivity index (χ3v) is 1.63. The van der Waals surface area contributed by atoms with Crippen LogP contribution < -0.4 is 5.73 Å². The Morgan fingerprint density at radius 1 is 1.45 bits per heavy atom. The summed E-state index contributed by atoms with van der Waals surface area (Å²) >= 11 is 0. The average molecular weight is 151 g/mol. The van der Waals surface area contributed by atoms with Gasteiger partial charge >= 0.3 is 0 Å². The van der Waals surface area contributed by atoms with Crippen LogP contribution in [0.1, 0.15) is 25.1 Å². The van der Waals surface area contributed by atoms with Crippen molar-refractivity contribution in [3.8, 4) is 0 Å². The second-order valence-corrected chi connectivity index (χ2v) is 2.59. The zero-order chi connectivity index (χ0) is 8.10. The van der Waals surface area contributed by atoms with Gasteiger partial charge in [-0.2, -0.15) is 0 Å². The number of hydrogen-bond donors (Lipinski definition) is 1. The molecule has 0 spiro atoms. The molecule has 1 aromatic rings. The molecule has 0 aliphatic carbocycles. The molecule has 0 aliphatic heterocycles. The Hall–Kier alpha value is -0.960. The molecule has 0 aliphatic rings.